The molecule has 1 amide bonds. The molecule has 4 rings (SSSR count). The fraction of sp³-hybridized carbons (Fsp3) is 0.600. The summed E-state index contributed by atoms with van der Waals surface area (Å²) < 4.78 is 0. The van der Waals surface area contributed by atoms with Gasteiger partial charge in [0.25, 0.3) is 5.91 Å². The van der Waals surface area contributed by atoms with E-state index in [4.69, 9.17) is 12.2 Å². The van der Waals surface area contributed by atoms with Gasteiger partial charge in [-0.2, -0.15) is 0 Å². The molecule has 0 spiro atoms. The second kappa shape index (κ2) is 7.32. The predicted molar refractivity (Wildman–Crippen MR) is 105 cm³/mol. The Morgan fingerprint density at radius 1 is 1.04 bits per heavy atom. The van der Waals surface area contributed by atoms with E-state index in [1.165, 1.54) is 32.1 Å². The Bertz CT molecular complexity index is 639. The lowest BCUT2D eigenvalue weighted by atomic mass is 9.96. The summed E-state index contributed by atoms with van der Waals surface area (Å²) in [5.74, 6) is 1.86. The number of thiocarbonyl (C=S) groups is 1. The van der Waals surface area contributed by atoms with Gasteiger partial charge in [0.15, 0.2) is 5.11 Å². The van der Waals surface area contributed by atoms with Crippen LogP contribution in [0.3, 0.4) is 0 Å². The van der Waals surface area contributed by atoms with Crippen LogP contribution >= 0.6 is 12.2 Å². The summed E-state index contributed by atoms with van der Waals surface area (Å²) in [6, 6.07) is 8.25. The average molecular weight is 358 g/mol. The van der Waals surface area contributed by atoms with Gasteiger partial charge in [-0.15, -0.1) is 0 Å². The van der Waals surface area contributed by atoms with Gasteiger partial charge < -0.3 is 15.5 Å². The highest BCUT2D eigenvalue weighted by molar-refractivity contribution is 7.80. The molecule has 1 aromatic carbocycles. The van der Waals surface area contributed by atoms with Crippen molar-refractivity contribution in [2.45, 2.75) is 51.0 Å². The largest absolute Gasteiger partial charge is 0.359 e. The number of anilines is 1. The molecule has 3 atom stereocenters. The maximum atomic E-state index is 12.5. The normalized spacial score (nSPS) is 28.0. The number of hydrogen-bond donors (Lipinski definition) is 2. The number of fused-ring (bicyclic) bond motifs is 2. The molecular formula is C20H27N3OS. The highest BCUT2D eigenvalue weighted by Crippen LogP contribution is 2.44. The molecule has 1 aliphatic heterocycles. The summed E-state index contributed by atoms with van der Waals surface area (Å²) in [5.41, 5.74) is 1.70. The predicted octanol–water partition coefficient (Wildman–Crippen LogP) is 3.79. The SMILES string of the molecule is O=C(c1ccc(NC(=S)N[C@@H]2C[C@H]3CC[C@H]2C3)cc1)N1CCCCC1. The van der Waals surface area contributed by atoms with Crippen LogP contribution in [0.2, 0.25) is 0 Å². The van der Waals surface area contributed by atoms with Gasteiger partial charge in [-0.1, -0.05) is 6.42 Å². The molecule has 3 fully saturated rings. The highest BCUT2D eigenvalue weighted by Gasteiger charge is 2.39. The zero-order chi connectivity index (χ0) is 17.2. The maximum absolute atomic E-state index is 12.5. The minimum Gasteiger partial charge on any atom is -0.359 e. The van der Waals surface area contributed by atoms with Crippen molar-refractivity contribution in [1.82, 2.24) is 10.2 Å². The second-order valence-electron chi connectivity index (χ2n) is 7.81. The smallest absolute Gasteiger partial charge is 0.253 e. The Morgan fingerprint density at radius 2 is 1.80 bits per heavy atom. The van der Waals surface area contributed by atoms with Gasteiger partial charge in [0.1, 0.15) is 0 Å². The molecule has 2 bridgehead atoms. The number of carbonyl (C=O) groups excluding carboxylic acids is 1. The number of carbonyl (C=O) groups is 1. The summed E-state index contributed by atoms with van der Waals surface area (Å²) in [6.45, 7) is 1.77. The van der Waals surface area contributed by atoms with Gasteiger partial charge in [0, 0.05) is 30.4 Å². The van der Waals surface area contributed by atoms with Crippen LogP contribution in [0, 0.1) is 11.8 Å². The second-order valence-corrected chi connectivity index (χ2v) is 8.22. The number of rotatable bonds is 3. The topological polar surface area (TPSA) is 44.4 Å². The van der Waals surface area contributed by atoms with E-state index in [0.717, 1.165) is 49.0 Å². The Kier molecular flexibility index (Phi) is 4.93. The molecule has 5 heteroatoms. The molecule has 1 heterocycles. The molecule has 1 aromatic rings. The van der Waals surface area contributed by atoms with Crippen molar-refractivity contribution in [2.75, 3.05) is 18.4 Å². The molecule has 2 aliphatic carbocycles. The molecule has 2 saturated carbocycles. The van der Waals surface area contributed by atoms with Gasteiger partial charge in [0.05, 0.1) is 0 Å². The lowest BCUT2D eigenvalue weighted by Gasteiger charge is -2.27. The zero-order valence-electron chi connectivity index (χ0n) is 14.7. The van der Waals surface area contributed by atoms with Gasteiger partial charge in [0.2, 0.25) is 0 Å². The van der Waals surface area contributed by atoms with E-state index >= 15 is 0 Å². The standard InChI is InChI=1S/C20H27N3OS/c24-19(23-10-2-1-3-11-23)15-6-8-17(9-7-15)21-20(25)22-18-13-14-4-5-16(18)12-14/h6-9,14,16,18H,1-5,10-13H2,(H2,21,22,25)/t14-,16-,18+/m0/s1. The quantitative estimate of drug-likeness (QED) is 0.808. The number of benzene rings is 1. The summed E-state index contributed by atoms with van der Waals surface area (Å²) in [5, 5.41) is 7.46. The first-order valence-corrected chi connectivity index (χ1v) is 10.1. The number of piperidine rings is 1. The van der Waals surface area contributed by atoms with E-state index in [9.17, 15) is 4.79 Å². The summed E-state index contributed by atoms with van der Waals surface area (Å²) in [4.78, 5) is 14.5. The van der Waals surface area contributed by atoms with Crippen molar-refractivity contribution in [3.63, 3.8) is 0 Å². The average Bonchev–Trinajstić information content (AvgIpc) is 3.25. The fourth-order valence-electron chi connectivity index (χ4n) is 4.73. The molecule has 25 heavy (non-hydrogen) atoms. The van der Waals surface area contributed by atoms with Crippen LogP contribution in [0.25, 0.3) is 0 Å². The monoisotopic (exact) mass is 357 g/mol. The molecule has 0 unspecified atom stereocenters. The van der Waals surface area contributed by atoms with Crippen LogP contribution in [0.5, 0.6) is 0 Å². The van der Waals surface area contributed by atoms with Crippen LogP contribution in [0.15, 0.2) is 24.3 Å². The third kappa shape index (κ3) is 3.81. The van der Waals surface area contributed by atoms with Gasteiger partial charge in [-0.05, 0) is 86.8 Å². The molecule has 134 valence electrons. The van der Waals surface area contributed by atoms with Crippen molar-refractivity contribution >= 4 is 28.9 Å². The zero-order valence-corrected chi connectivity index (χ0v) is 15.5. The van der Waals surface area contributed by atoms with E-state index in [-0.39, 0.29) is 5.91 Å². The van der Waals surface area contributed by atoms with E-state index in [2.05, 4.69) is 10.6 Å². The van der Waals surface area contributed by atoms with Crippen LogP contribution in [0.4, 0.5) is 5.69 Å². The van der Waals surface area contributed by atoms with Crippen LogP contribution in [-0.4, -0.2) is 35.1 Å². The molecule has 4 nitrogen and oxygen atoms in total. The van der Waals surface area contributed by atoms with E-state index in [1.54, 1.807) is 0 Å². The first-order chi connectivity index (χ1) is 12.2. The van der Waals surface area contributed by atoms with Crippen molar-refractivity contribution in [3.05, 3.63) is 29.8 Å². The van der Waals surface area contributed by atoms with Crippen molar-refractivity contribution in [3.8, 4) is 0 Å². The van der Waals surface area contributed by atoms with E-state index in [0.29, 0.717) is 11.2 Å². The molecular weight excluding hydrogens is 330 g/mol. The van der Waals surface area contributed by atoms with Crippen molar-refractivity contribution in [2.24, 2.45) is 11.8 Å². The molecule has 2 N–H and O–H groups in total. The Labute approximate surface area is 155 Å². The summed E-state index contributed by atoms with van der Waals surface area (Å²) in [7, 11) is 0. The van der Waals surface area contributed by atoms with E-state index in [1.807, 2.05) is 29.2 Å². The van der Waals surface area contributed by atoms with Gasteiger partial charge >= 0.3 is 0 Å². The lowest BCUT2D eigenvalue weighted by Crippen LogP contribution is -2.40. The third-order valence-electron chi connectivity index (χ3n) is 6.09. The third-order valence-corrected chi connectivity index (χ3v) is 6.31. The first kappa shape index (κ1) is 16.8. The number of amides is 1. The van der Waals surface area contributed by atoms with Crippen LogP contribution in [0.1, 0.15) is 55.3 Å². The lowest BCUT2D eigenvalue weighted by molar-refractivity contribution is 0.0724. The number of likely N-dealkylation sites (tertiary alicyclic amines) is 1. The van der Waals surface area contributed by atoms with Crippen molar-refractivity contribution in [1.29, 1.82) is 0 Å². The Hall–Kier alpha value is -1.62. The van der Waals surface area contributed by atoms with Gasteiger partial charge in [-0.25, -0.2) is 0 Å². The Morgan fingerprint density at radius 3 is 2.44 bits per heavy atom. The van der Waals surface area contributed by atoms with Crippen LogP contribution in [-0.2, 0) is 0 Å². The van der Waals surface area contributed by atoms with E-state index < -0.39 is 0 Å². The summed E-state index contributed by atoms with van der Waals surface area (Å²) in [6.07, 6.45) is 8.85. The maximum Gasteiger partial charge on any atom is 0.253 e. The number of nitrogens with one attached hydrogen (secondary N) is 2. The van der Waals surface area contributed by atoms with Crippen LogP contribution < -0.4 is 10.6 Å². The molecule has 1 saturated heterocycles. The number of hydrogen-bond acceptors (Lipinski definition) is 2. The number of nitrogens with zero attached hydrogens (tertiary/aromatic N) is 1. The minimum atomic E-state index is 0.147. The van der Waals surface area contributed by atoms with Crippen molar-refractivity contribution < 1.29 is 4.79 Å². The molecule has 0 aromatic heterocycles. The first-order valence-electron chi connectivity index (χ1n) is 9.66. The molecule has 3 aliphatic rings. The Balaban J connectivity index is 1.31. The summed E-state index contributed by atoms with van der Waals surface area (Å²) >= 11 is 5.48. The fourth-order valence-corrected chi connectivity index (χ4v) is 5.00. The van der Waals surface area contributed by atoms with Gasteiger partial charge in [-0.3, -0.25) is 4.79 Å². The highest BCUT2D eigenvalue weighted by atomic mass is 32.1. The minimum absolute atomic E-state index is 0.147. The molecule has 0 radical (unpaired) electrons.